The molecule has 0 aliphatic rings. The number of aryl methyl sites for hydroxylation is 2. The van der Waals surface area contributed by atoms with Gasteiger partial charge in [0.05, 0.1) is 16.9 Å². The first-order valence-corrected chi connectivity index (χ1v) is 7.10. The van der Waals surface area contributed by atoms with Crippen molar-refractivity contribution < 1.29 is 18.0 Å². The first-order valence-electron chi connectivity index (χ1n) is 7.10. The maximum Gasteiger partial charge on any atom is 0.418 e. The van der Waals surface area contributed by atoms with Crippen LogP contribution in [0.4, 0.5) is 30.4 Å². The van der Waals surface area contributed by atoms with Crippen LogP contribution in [0, 0.1) is 13.8 Å². The van der Waals surface area contributed by atoms with Crippen LogP contribution in [0.3, 0.4) is 0 Å². The van der Waals surface area contributed by atoms with Gasteiger partial charge in [-0.15, -0.1) is 0 Å². The summed E-state index contributed by atoms with van der Waals surface area (Å²) in [7, 11) is 0. The summed E-state index contributed by atoms with van der Waals surface area (Å²) in [6.45, 7) is 2.43. The Bertz CT molecular complexity index is 890. The molecule has 1 amide bonds. The second-order valence-corrected chi connectivity index (χ2v) is 5.42. The molecule has 0 aliphatic carbocycles. The van der Waals surface area contributed by atoms with E-state index in [4.69, 9.17) is 11.5 Å². The molecule has 2 aromatic rings. The molecular weight excluding hydrogens is 339 g/mol. The highest BCUT2D eigenvalue weighted by molar-refractivity contribution is 5.91. The van der Waals surface area contributed by atoms with Gasteiger partial charge >= 0.3 is 6.18 Å². The monoisotopic (exact) mass is 355 g/mol. The minimum atomic E-state index is -4.75. The van der Waals surface area contributed by atoms with Gasteiger partial charge in [0.25, 0.3) is 5.56 Å². The third kappa shape index (κ3) is 3.90. The summed E-state index contributed by atoms with van der Waals surface area (Å²) in [6.07, 6.45) is -4.75. The number of alkyl halides is 3. The number of nitrogen functional groups attached to an aromatic ring is 2. The number of carbonyl (C=O) groups excluding carboxylic acids is 1. The van der Waals surface area contributed by atoms with Crippen LogP contribution < -0.4 is 22.3 Å². The molecule has 0 fully saturated rings. The molecule has 0 unspecified atom stereocenters. The smallest absolute Gasteiger partial charge is 0.394 e. The molecule has 0 atom stereocenters. The van der Waals surface area contributed by atoms with Crippen LogP contribution in [0.15, 0.2) is 23.0 Å². The van der Waals surface area contributed by atoms with Crippen molar-refractivity contribution in [1.29, 1.82) is 0 Å². The van der Waals surface area contributed by atoms with Crippen molar-refractivity contribution in [2.45, 2.75) is 26.6 Å². The highest BCUT2D eigenvalue weighted by Crippen LogP contribution is 2.32. The van der Waals surface area contributed by atoms with Crippen LogP contribution in [-0.2, 0) is 17.5 Å². The quantitative estimate of drug-likeness (QED) is 0.775. The van der Waals surface area contributed by atoms with Crippen molar-refractivity contribution in [2.24, 2.45) is 0 Å². The van der Waals surface area contributed by atoms with Crippen molar-refractivity contribution >= 4 is 23.1 Å². The number of nitrogens with one attached hydrogen (secondary N) is 1. The lowest BCUT2D eigenvalue weighted by atomic mass is 10.2. The van der Waals surface area contributed by atoms with Crippen molar-refractivity contribution in [2.75, 3.05) is 16.8 Å². The Morgan fingerprint density at radius 3 is 2.48 bits per heavy atom. The fourth-order valence-electron chi connectivity index (χ4n) is 2.26. The van der Waals surface area contributed by atoms with E-state index in [1.165, 1.54) is 19.1 Å². The highest BCUT2D eigenvalue weighted by Gasteiger charge is 2.35. The summed E-state index contributed by atoms with van der Waals surface area (Å²) in [5.41, 5.74) is 8.38. The first-order chi connectivity index (χ1) is 11.5. The van der Waals surface area contributed by atoms with Crippen molar-refractivity contribution in [3.05, 3.63) is 45.5 Å². The molecule has 0 bridgehead atoms. The Hall–Kier alpha value is -3.04. The predicted octanol–water partition coefficient (Wildman–Crippen LogP) is 1.68. The largest absolute Gasteiger partial charge is 0.418 e. The number of carbonyl (C=O) groups is 1. The summed E-state index contributed by atoms with van der Waals surface area (Å²) in [5, 5.41) is 2.52. The van der Waals surface area contributed by atoms with Crippen LogP contribution >= 0.6 is 0 Å². The number of nitrogens with zero attached hydrogens (tertiary/aromatic N) is 2. The van der Waals surface area contributed by atoms with E-state index in [1.54, 1.807) is 6.92 Å². The number of anilines is 3. The van der Waals surface area contributed by atoms with Gasteiger partial charge in [-0.2, -0.15) is 13.2 Å². The van der Waals surface area contributed by atoms with Gasteiger partial charge in [0.1, 0.15) is 18.1 Å². The summed E-state index contributed by atoms with van der Waals surface area (Å²) >= 11 is 0. The Labute approximate surface area is 140 Å². The number of aromatic nitrogens is 2. The number of rotatable bonds is 3. The van der Waals surface area contributed by atoms with E-state index in [0.29, 0.717) is 11.4 Å². The Morgan fingerprint density at radius 2 is 1.92 bits per heavy atom. The van der Waals surface area contributed by atoms with E-state index in [-0.39, 0.29) is 11.5 Å². The molecular formula is C15H16F3N5O2. The van der Waals surface area contributed by atoms with Gasteiger partial charge in [-0.25, -0.2) is 4.98 Å². The molecule has 25 heavy (non-hydrogen) atoms. The van der Waals surface area contributed by atoms with E-state index in [9.17, 15) is 22.8 Å². The molecule has 0 aliphatic heterocycles. The average molecular weight is 355 g/mol. The molecule has 0 aromatic carbocycles. The normalized spacial score (nSPS) is 11.4. The second-order valence-electron chi connectivity index (χ2n) is 5.42. The number of hydrogen-bond donors (Lipinski definition) is 3. The molecule has 10 heteroatoms. The number of nitrogens with two attached hydrogens (primary N) is 2. The van der Waals surface area contributed by atoms with Crippen LogP contribution in [0.25, 0.3) is 0 Å². The maximum absolute atomic E-state index is 12.8. The molecule has 2 heterocycles. The number of halogens is 3. The zero-order chi connectivity index (χ0) is 18.9. The zero-order valence-electron chi connectivity index (χ0n) is 13.4. The van der Waals surface area contributed by atoms with Crippen molar-refractivity contribution in [3.63, 3.8) is 0 Å². The number of amides is 1. The van der Waals surface area contributed by atoms with E-state index >= 15 is 0 Å². The van der Waals surface area contributed by atoms with Gasteiger partial charge in [-0.1, -0.05) is 0 Å². The Kier molecular flexibility index (Phi) is 4.73. The molecule has 2 aromatic heterocycles. The minimum Gasteiger partial charge on any atom is -0.394 e. The first kappa shape index (κ1) is 18.3. The Morgan fingerprint density at radius 1 is 1.28 bits per heavy atom. The van der Waals surface area contributed by atoms with Gasteiger partial charge in [-0.05, 0) is 32.0 Å². The van der Waals surface area contributed by atoms with E-state index < -0.39 is 35.4 Å². The Balaban J connectivity index is 2.30. The fourth-order valence-corrected chi connectivity index (χ4v) is 2.26. The van der Waals surface area contributed by atoms with E-state index in [1.807, 2.05) is 0 Å². The molecule has 2 rings (SSSR count). The van der Waals surface area contributed by atoms with Gasteiger partial charge in [0.2, 0.25) is 5.91 Å². The molecule has 0 radical (unpaired) electrons. The summed E-state index contributed by atoms with van der Waals surface area (Å²) in [5.74, 6) is -0.336. The van der Waals surface area contributed by atoms with Gasteiger partial charge in [0, 0.05) is 5.69 Å². The lowest BCUT2D eigenvalue weighted by Gasteiger charge is -2.16. The maximum atomic E-state index is 12.8. The van der Waals surface area contributed by atoms with Crippen LogP contribution in [0.2, 0.25) is 0 Å². The molecule has 134 valence electrons. The van der Waals surface area contributed by atoms with Gasteiger partial charge in [-0.3, -0.25) is 9.59 Å². The molecule has 5 N–H and O–H groups in total. The average Bonchev–Trinajstić information content (AvgIpc) is 2.49. The lowest BCUT2D eigenvalue weighted by molar-refractivity contribution is -0.137. The van der Waals surface area contributed by atoms with Crippen LogP contribution in [0.5, 0.6) is 0 Å². The topological polar surface area (TPSA) is 116 Å². The standard InChI is InChI=1S/C15H16F3N5O2/c1-7-5-9(15(16,17)18)13(20)14(25)23(7)6-12(24)22-10-3-4-11(19)21-8(10)2/h3-5H,6,20H2,1-2H3,(H2,19,21)(H,22,24). The zero-order valence-corrected chi connectivity index (χ0v) is 13.4. The van der Waals surface area contributed by atoms with E-state index in [0.717, 1.165) is 10.6 Å². The van der Waals surface area contributed by atoms with Crippen molar-refractivity contribution in [1.82, 2.24) is 9.55 Å². The molecule has 7 nitrogen and oxygen atoms in total. The fraction of sp³-hybridized carbons (Fsp3) is 0.267. The van der Waals surface area contributed by atoms with E-state index in [2.05, 4.69) is 10.3 Å². The van der Waals surface area contributed by atoms with Crippen molar-refractivity contribution in [3.8, 4) is 0 Å². The number of pyridine rings is 2. The van der Waals surface area contributed by atoms with Gasteiger partial charge in [0.15, 0.2) is 0 Å². The molecule has 0 saturated heterocycles. The molecule has 0 spiro atoms. The lowest BCUT2D eigenvalue weighted by Crippen LogP contribution is -2.32. The molecule has 0 saturated carbocycles. The SMILES string of the molecule is Cc1nc(N)ccc1NC(=O)Cn1c(C)cc(C(F)(F)F)c(N)c1=O. The summed E-state index contributed by atoms with van der Waals surface area (Å²) < 4.78 is 39.4. The highest BCUT2D eigenvalue weighted by atomic mass is 19.4. The number of hydrogen-bond acceptors (Lipinski definition) is 5. The predicted molar refractivity (Wildman–Crippen MR) is 86.9 cm³/mol. The summed E-state index contributed by atoms with van der Waals surface area (Å²) in [4.78, 5) is 28.2. The van der Waals surface area contributed by atoms with Crippen LogP contribution in [-0.4, -0.2) is 15.5 Å². The third-order valence-electron chi connectivity index (χ3n) is 3.53. The summed E-state index contributed by atoms with van der Waals surface area (Å²) in [6, 6.07) is 3.75. The third-order valence-corrected chi connectivity index (χ3v) is 3.53. The minimum absolute atomic E-state index is 0.0335. The van der Waals surface area contributed by atoms with Crippen LogP contribution in [0.1, 0.15) is 17.0 Å². The van der Waals surface area contributed by atoms with Gasteiger partial charge < -0.3 is 21.4 Å². The second kappa shape index (κ2) is 6.46.